The molecule has 1 aromatic carbocycles. The summed E-state index contributed by atoms with van der Waals surface area (Å²) in [5, 5.41) is 0. The molecule has 0 spiro atoms. The molecule has 2 N–H and O–H groups in total. The molecule has 100 valence electrons. The Morgan fingerprint density at radius 3 is 2.44 bits per heavy atom. The SMILES string of the molecule is COCc1cc(OC)cc(C2(N)CCCCC2)c1. The van der Waals surface area contributed by atoms with Crippen molar-refractivity contribution in [2.75, 3.05) is 14.2 Å². The summed E-state index contributed by atoms with van der Waals surface area (Å²) < 4.78 is 10.6. The van der Waals surface area contributed by atoms with Crippen LogP contribution in [0.15, 0.2) is 18.2 Å². The molecule has 1 saturated carbocycles. The zero-order valence-electron chi connectivity index (χ0n) is 11.4. The maximum atomic E-state index is 6.57. The molecule has 3 nitrogen and oxygen atoms in total. The van der Waals surface area contributed by atoms with E-state index in [0.717, 1.165) is 24.2 Å². The Morgan fingerprint density at radius 1 is 1.11 bits per heavy atom. The average molecular weight is 249 g/mol. The Balaban J connectivity index is 2.32. The minimum Gasteiger partial charge on any atom is -0.497 e. The summed E-state index contributed by atoms with van der Waals surface area (Å²) in [7, 11) is 3.40. The van der Waals surface area contributed by atoms with Crippen LogP contribution in [0.4, 0.5) is 0 Å². The Morgan fingerprint density at radius 2 is 1.83 bits per heavy atom. The van der Waals surface area contributed by atoms with Crippen molar-refractivity contribution in [3.05, 3.63) is 29.3 Å². The summed E-state index contributed by atoms with van der Waals surface area (Å²) in [4.78, 5) is 0. The highest BCUT2D eigenvalue weighted by Crippen LogP contribution is 2.36. The molecule has 1 aromatic rings. The van der Waals surface area contributed by atoms with Crippen LogP contribution >= 0.6 is 0 Å². The van der Waals surface area contributed by atoms with E-state index in [1.54, 1.807) is 14.2 Å². The third kappa shape index (κ3) is 2.85. The lowest BCUT2D eigenvalue weighted by molar-refractivity contribution is 0.184. The Hall–Kier alpha value is -1.06. The standard InChI is InChI=1S/C15H23NO2/c1-17-11-12-8-13(10-14(9-12)18-2)15(16)6-4-3-5-7-15/h8-10H,3-7,11,16H2,1-2H3. The monoisotopic (exact) mass is 249 g/mol. The van der Waals surface area contributed by atoms with Gasteiger partial charge >= 0.3 is 0 Å². The first kappa shape index (κ1) is 13.4. The number of ether oxygens (including phenoxy) is 2. The van der Waals surface area contributed by atoms with Crippen molar-refractivity contribution in [3.63, 3.8) is 0 Å². The second-order valence-electron chi connectivity index (χ2n) is 5.22. The van der Waals surface area contributed by atoms with E-state index < -0.39 is 0 Å². The second kappa shape index (κ2) is 5.72. The molecule has 0 amide bonds. The van der Waals surface area contributed by atoms with Crippen LogP contribution in [0, 0.1) is 0 Å². The molecule has 0 atom stereocenters. The van der Waals surface area contributed by atoms with Gasteiger partial charge in [0.25, 0.3) is 0 Å². The molecule has 0 aromatic heterocycles. The number of methoxy groups -OCH3 is 2. The molecule has 0 aliphatic heterocycles. The zero-order valence-corrected chi connectivity index (χ0v) is 11.4. The van der Waals surface area contributed by atoms with E-state index in [0.29, 0.717) is 6.61 Å². The summed E-state index contributed by atoms with van der Waals surface area (Å²) >= 11 is 0. The third-order valence-corrected chi connectivity index (χ3v) is 3.83. The zero-order chi connectivity index (χ0) is 13.0. The number of hydrogen-bond acceptors (Lipinski definition) is 3. The van der Waals surface area contributed by atoms with Crippen molar-refractivity contribution in [1.29, 1.82) is 0 Å². The van der Waals surface area contributed by atoms with E-state index in [2.05, 4.69) is 12.1 Å². The van der Waals surface area contributed by atoms with Gasteiger partial charge < -0.3 is 15.2 Å². The molecule has 1 aliphatic carbocycles. The molecule has 2 rings (SSSR count). The highest BCUT2D eigenvalue weighted by atomic mass is 16.5. The topological polar surface area (TPSA) is 44.5 Å². The highest BCUT2D eigenvalue weighted by Gasteiger charge is 2.30. The lowest BCUT2D eigenvalue weighted by atomic mass is 9.77. The Kier molecular flexibility index (Phi) is 4.25. The fourth-order valence-electron chi connectivity index (χ4n) is 2.79. The molecule has 0 bridgehead atoms. The summed E-state index contributed by atoms with van der Waals surface area (Å²) in [6, 6.07) is 6.25. The Bertz CT molecular complexity index is 397. The second-order valence-corrected chi connectivity index (χ2v) is 5.22. The van der Waals surface area contributed by atoms with Crippen molar-refractivity contribution in [2.24, 2.45) is 5.73 Å². The van der Waals surface area contributed by atoms with Gasteiger partial charge in [-0.15, -0.1) is 0 Å². The van der Waals surface area contributed by atoms with E-state index in [-0.39, 0.29) is 5.54 Å². The molecule has 0 radical (unpaired) electrons. The van der Waals surface area contributed by atoms with E-state index in [9.17, 15) is 0 Å². The van der Waals surface area contributed by atoms with Gasteiger partial charge in [0.05, 0.1) is 13.7 Å². The van der Waals surface area contributed by atoms with Gasteiger partial charge in [-0.05, 0) is 36.1 Å². The summed E-state index contributed by atoms with van der Waals surface area (Å²) in [5.74, 6) is 0.870. The predicted octanol–water partition coefficient (Wildman–Crippen LogP) is 2.96. The van der Waals surface area contributed by atoms with E-state index in [1.165, 1.54) is 24.8 Å². The van der Waals surface area contributed by atoms with Crippen LogP contribution < -0.4 is 10.5 Å². The maximum absolute atomic E-state index is 6.57. The van der Waals surface area contributed by atoms with Gasteiger partial charge in [-0.2, -0.15) is 0 Å². The fraction of sp³-hybridized carbons (Fsp3) is 0.600. The van der Waals surface area contributed by atoms with E-state index in [4.69, 9.17) is 15.2 Å². The van der Waals surface area contributed by atoms with Crippen molar-refractivity contribution < 1.29 is 9.47 Å². The van der Waals surface area contributed by atoms with Crippen LogP contribution in [0.5, 0.6) is 5.75 Å². The number of rotatable bonds is 4. The number of benzene rings is 1. The minimum absolute atomic E-state index is 0.185. The molecule has 0 unspecified atom stereocenters. The first-order valence-corrected chi connectivity index (χ1v) is 6.64. The molecule has 1 aliphatic rings. The van der Waals surface area contributed by atoms with Gasteiger partial charge in [0, 0.05) is 12.6 Å². The lowest BCUT2D eigenvalue weighted by Crippen LogP contribution is -2.38. The minimum atomic E-state index is -0.185. The number of hydrogen-bond donors (Lipinski definition) is 1. The quantitative estimate of drug-likeness (QED) is 0.892. The van der Waals surface area contributed by atoms with Gasteiger partial charge in [0.2, 0.25) is 0 Å². The van der Waals surface area contributed by atoms with Crippen molar-refractivity contribution in [1.82, 2.24) is 0 Å². The fourth-order valence-corrected chi connectivity index (χ4v) is 2.79. The molecule has 1 fully saturated rings. The van der Waals surface area contributed by atoms with Crippen molar-refractivity contribution >= 4 is 0 Å². The summed E-state index contributed by atoms with van der Waals surface area (Å²) in [6.45, 7) is 0.598. The summed E-state index contributed by atoms with van der Waals surface area (Å²) in [6.07, 6.45) is 5.85. The smallest absolute Gasteiger partial charge is 0.119 e. The molecule has 3 heteroatoms. The predicted molar refractivity (Wildman–Crippen MR) is 72.7 cm³/mol. The number of nitrogens with two attached hydrogens (primary N) is 1. The first-order chi connectivity index (χ1) is 8.68. The van der Waals surface area contributed by atoms with Crippen LogP contribution in [-0.2, 0) is 16.9 Å². The molecular weight excluding hydrogens is 226 g/mol. The Labute approximate surface area is 109 Å². The normalized spacial score (nSPS) is 18.6. The van der Waals surface area contributed by atoms with Gasteiger partial charge in [0.1, 0.15) is 5.75 Å². The first-order valence-electron chi connectivity index (χ1n) is 6.64. The molecule has 0 heterocycles. The van der Waals surface area contributed by atoms with Gasteiger partial charge in [-0.1, -0.05) is 25.3 Å². The van der Waals surface area contributed by atoms with Crippen molar-refractivity contribution in [2.45, 2.75) is 44.2 Å². The van der Waals surface area contributed by atoms with E-state index in [1.807, 2.05) is 6.07 Å². The van der Waals surface area contributed by atoms with Crippen molar-refractivity contribution in [3.8, 4) is 5.75 Å². The van der Waals surface area contributed by atoms with Crippen LogP contribution in [0.1, 0.15) is 43.2 Å². The summed E-state index contributed by atoms with van der Waals surface area (Å²) in [5.41, 5.74) is 8.70. The maximum Gasteiger partial charge on any atom is 0.119 e. The van der Waals surface area contributed by atoms with Gasteiger partial charge in [-0.25, -0.2) is 0 Å². The lowest BCUT2D eigenvalue weighted by Gasteiger charge is -2.34. The molecule has 0 saturated heterocycles. The van der Waals surface area contributed by atoms with Gasteiger partial charge in [0.15, 0.2) is 0 Å². The third-order valence-electron chi connectivity index (χ3n) is 3.83. The van der Waals surface area contributed by atoms with Crippen LogP contribution in [0.2, 0.25) is 0 Å². The van der Waals surface area contributed by atoms with Crippen LogP contribution in [0.25, 0.3) is 0 Å². The highest BCUT2D eigenvalue weighted by molar-refractivity contribution is 5.38. The van der Waals surface area contributed by atoms with Gasteiger partial charge in [-0.3, -0.25) is 0 Å². The molecule has 18 heavy (non-hydrogen) atoms. The average Bonchev–Trinajstić information content (AvgIpc) is 2.39. The van der Waals surface area contributed by atoms with E-state index >= 15 is 0 Å². The van der Waals surface area contributed by atoms with Crippen LogP contribution in [-0.4, -0.2) is 14.2 Å². The van der Waals surface area contributed by atoms with Crippen LogP contribution in [0.3, 0.4) is 0 Å². The molecular formula is C15H23NO2. The largest absolute Gasteiger partial charge is 0.497 e.